The van der Waals surface area contributed by atoms with E-state index >= 15 is 0 Å². The molecule has 0 saturated heterocycles. The molecule has 2 rings (SSSR count). The van der Waals surface area contributed by atoms with Crippen molar-refractivity contribution in [2.24, 2.45) is 5.10 Å². The third-order valence-electron chi connectivity index (χ3n) is 3.03. The highest BCUT2D eigenvalue weighted by atomic mass is 16.3. The first-order valence-corrected chi connectivity index (χ1v) is 6.72. The van der Waals surface area contributed by atoms with Crippen LogP contribution in [0.15, 0.2) is 60.2 Å². The van der Waals surface area contributed by atoms with Crippen molar-refractivity contribution < 1.29 is 9.90 Å². The summed E-state index contributed by atoms with van der Waals surface area (Å²) in [5.74, 6) is -0.241. The second-order valence-electron chi connectivity index (χ2n) is 4.67. The molecular formula is C17H17N3O2. The summed E-state index contributed by atoms with van der Waals surface area (Å²) < 4.78 is 0. The lowest BCUT2D eigenvalue weighted by molar-refractivity contribution is 0.0955. The van der Waals surface area contributed by atoms with Gasteiger partial charge in [0.05, 0.1) is 6.21 Å². The third kappa shape index (κ3) is 3.73. The fourth-order valence-electron chi connectivity index (χ4n) is 1.94. The van der Waals surface area contributed by atoms with E-state index in [1.807, 2.05) is 0 Å². The minimum Gasteiger partial charge on any atom is -0.507 e. The van der Waals surface area contributed by atoms with Gasteiger partial charge in [-0.25, -0.2) is 5.43 Å². The second-order valence-corrected chi connectivity index (χ2v) is 4.67. The van der Waals surface area contributed by atoms with E-state index in [1.165, 1.54) is 6.21 Å². The van der Waals surface area contributed by atoms with Crippen molar-refractivity contribution in [3.05, 3.63) is 71.8 Å². The quantitative estimate of drug-likeness (QED) is 0.343. The number of hydrogen-bond donors (Lipinski definition) is 3. The smallest absolute Gasteiger partial charge is 0.271 e. The lowest BCUT2D eigenvalue weighted by atomic mass is 10.1. The normalized spacial score (nSPS) is 10.5. The van der Waals surface area contributed by atoms with Crippen molar-refractivity contribution in [1.82, 2.24) is 5.43 Å². The van der Waals surface area contributed by atoms with Gasteiger partial charge in [0.15, 0.2) is 0 Å². The number of amides is 1. The number of nitrogens with two attached hydrogens (primary N) is 1. The van der Waals surface area contributed by atoms with Gasteiger partial charge in [0.25, 0.3) is 5.91 Å². The van der Waals surface area contributed by atoms with Crippen LogP contribution in [-0.2, 0) is 6.42 Å². The molecule has 0 aliphatic heterocycles. The molecule has 22 heavy (non-hydrogen) atoms. The molecule has 0 aliphatic rings. The van der Waals surface area contributed by atoms with Crippen molar-refractivity contribution in [1.29, 1.82) is 0 Å². The molecule has 0 radical (unpaired) electrons. The molecule has 0 aliphatic carbocycles. The van der Waals surface area contributed by atoms with Crippen LogP contribution in [0.1, 0.15) is 21.5 Å². The van der Waals surface area contributed by atoms with Crippen LogP contribution in [0.3, 0.4) is 0 Å². The number of hydrazone groups is 1. The van der Waals surface area contributed by atoms with Crippen LogP contribution < -0.4 is 11.2 Å². The standard InChI is InChI=1S/C17H17N3O2/c1-2-5-12-6-3-8-14(16(12)21)11-19-20-17(22)13-7-4-9-15(18)10-13/h2-4,6-11,21H,1,5,18H2,(H,20,22)/b19-11-. The van der Waals surface area contributed by atoms with Gasteiger partial charge < -0.3 is 10.8 Å². The fraction of sp³-hybridized carbons (Fsp3) is 0.0588. The van der Waals surface area contributed by atoms with Crippen molar-refractivity contribution >= 4 is 17.8 Å². The number of rotatable bonds is 5. The van der Waals surface area contributed by atoms with E-state index in [2.05, 4.69) is 17.1 Å². The third-order valence-corrected chi connectivity index (χ3v) is 3.03. The van der Waals surface area contributed by atoms with Gasteiger partial charge in [0.1, 0.15) is 5.75 Å². The first-order chi connectivity index (χ1) is 10.6. The molecule has 0 bridgehead atoms. The molecular weight excluding hydrogens is 278 g/mol. The molecule has 5 heteroatoms. The first kappa shape index (κ1) is 15.3. The molecule has 112 valence electrons. The van der Waals surface area contributed by atoms with E-state index in [0.29, 0.717) is 23.2 Å². The summed E-state index contributed by atoms with van der Waals surface area (Å²) >= 11 is 0. The highest BCUT2D eigenvalue weighted by Gasteiger charge is 2.05. The number of anilines is 1. The average Bonchev–Trinajstić information content (AvgIpc) is 2.51. The van der Waals surface area contributed by atoms with Crippen LogP contribution in [0.5, 0.6) is 5.75 Å². The number of phenols is 1. The summed E-state index contributed by atoms with van der Waals surface area (Å²) in [7, 11) is 0. The van der Waals surface area contributed by atoms with E-state index < -0.39 is 0 Å². The number of carbonyl (C=O) groups excluding carboxylic acids is 1. The summed E-state index contributed by atoms with van der Waals surface area (Å²) in [6.45, 7) is 3.64. The van der Waals surface area contributed by atoms with Gasteiger partial charge in [-0.2, -0.15) is 5.10 Å². The van der Waals surface area contributed by atoms with Crippen LogP contribution in [0.4, 0.5) is 5.69 Å². The van der Waals surface area contributed by atoms with Crippen molar-refractivity contribution in [3.8, 4) is 5.75 Å². The number of phenolic OH excluding ortho intramolecular Hbond substituents is 1. The van der Waals surface area contributed by atoms with Gasteiger partial charge in [0.2, 0.25) is 0 Å². The number of nitrogens with zero attached hydrogens (tertiary/aromatic N) is 1. The van der Waals surface area contributed by atoms with Gasteiger partial charge in [0, 0.05) is 16.8 Å². The zero-order valence-corrected chi connectivity index (χ0v) is 12.0. The molecule has 0 unspecified atom stereocenters. The van der Waals surface area contributed by atoms with E-state index in [9.17, 15) is 9.90 Å². The Hall–Kier alpha value is -3.08. The molecule has 0 aromatic heterocycles. The molecule has 2 aromatic rings. The Morgan fingerprint density at radius 1 is 1.32 bits per heavy atom. The Morgan fingerprint density at radius 3 is 2.82 bits per heavy atom. The highest BCUT2D eigenvalue weighted by Crippen LogP contribution is 2.21. The maximum Gasteiger partial charge on any atom is 0.271 e. The topological polar surface area (TPSA) is 87.7 Å². The molecule has 0 fully saturated rings. The van der Waals surface area contributed by atoms with Gasteiger partial charge in [-0.3, -0.25) is 4.79 Å². The lowest BCUT2D eigenvalue weighted by Gasteiger charge is -2.05. The number of hydrogen-bond acceptors (Lipinski definition) is 4. The van der Waals surface area contributed by atoms with Crippen LogP contribution >= 0.6 is 0 Å². The number of nitrogen functional groups attached to an aromatic ring is 1. The van der Waals surface area contributed by atoms with Gasteiger partial charge in [-0.1, -0.05) is 24.3 Å². The zero-order valence-electron chi connectivity index (χ0n) is 12.0. The summed E-state index contributed by atoms with van der Waals surface area (Å²) in [5, 5.41) is 13.9. The summed E-state index contributed by atoms with van der Waals surface area (Å²) in [5.41, 5.74) is 10.2. The largest absolute Gasteiger partial charge is 0.507 e. The van der Waals surface area contributed by atoms with E-state index in [1.54, 1.807) is 48.5 Å². The minimum absolute atomic E-state index is 0.129. The van der Waals surface area contributed by atoms with E-state index in [-0.39, 0.29) is 11.7 Å². The summed E-state index contributed by atoms with van der Waals surface area (Å²) in [6, 6.07) is 11.9. The maximum atomic E-state index is 11.9. The molecule has 0 atom stereocenters. The van der Waals surface area contributed by atoms with Crippen LogP contribution in [0, 0.1) is 0 Å². The minimum atomic E-state index is -0.370. The number of allylic oxidation sites excluding steroid dienone is 1. The van der Waals surface area contributed by atoms with Crippen LogP contribution in [0.2, 0.25) is 0 Å². The van der Waals surface area contributed by atoms with Crippen molar-refractivity contribution in [3.63, 3.8) is 0 Å². The highest BCUT2D eigenvalue weighted by molar-refractivity contribution is 5.95. The predicted molar refractivity (Wildman–Crippen MR) is 87.9 cm³/mol. The molecule has 0 saturated carbocycles. The van der Waals surface area contributed by atoms with E-state index in [0.717, 1.165) is 5.56 Å². The number of nitrogens with one attached hydrogen (secondary N) is 1. The number of para-hydroxylation sites is 1. The summed E-state index contributed by atoms with van der Waals surface area (Å²) in [6.07, 6.45) is 3.66. The predicted octanol–water partition coefficient (Wildman–Crippen LogP) is 2.47. The van der Waals surface area contributed by atoms with Crippen molar-refractivity contribution in [2.75, 3.05) is 5.73 Å². The fourth-order valence-corrected chi connectivity index (χ4v) is 1.94. The average molecular weight is 295 g/mol. The van der Waals surface area contributed by atoms with Gasteiger partial charge in [-0.05, 0) is 36.2 Å². The molecule has 1 amide bonds. The zero-order chi connectivity index (χ0) is 15.9. The Balaban J connectivity index is 2.08. The lowest BCUT2D eigenvalue weighted by Crippen LogP contribution is -2.17. The Bertz CT molecular complexity index is 724. The monoisotopic (exact) mass is 295 g/mol. The Labute approximate surface area is 128 Å². The SMILES string of the molecule is C=CCc1cccc(/C=N\NC(=O)c2cccc(N)c2)c1O. The number of carbonyl (C=O) groups is 1. The molecule has 0 spiro atoms. The molecule has 5 nitrogen and oxygen atoms in total. The number of benzene rings is 2. The molecule has 2 aromatic carbocycles. The Morgan fingerprint density at radius 2 is 2.09 bits per heavy atom. The molecule has 4 N–H and O–H groups in total. The van der Waals surface area contributed by atoms with E-state index in [4.69, 9.17) is 5.73 Å². The first-order valence-electron chi connectivity index (χ1n) is 6.72. The maximum absolute atomic E-state index is 11.9. The van der Waals surface area contributed by atoms with Gasteiger partial charge >= 0.3 is 0 Å². The second kappa shape index (κ2) is 7.08. The Kier molecular flexibility index (Phi) is 4.93. The van der Waals surface area contributed by atoms with Crippen LogP contribution in [-0.4, -0.2) is 17.2 Å². The van der Waals surface area contributed by atoms with Gasteiger partial charge in [-0.15, -0.1) is 6.58 Å². The summed E-state index contributed by atoms with van der Waals surface area (Å²) in [4.78, 5) is 11.9. The number of aromatic hydroxyl groups is 1. The van der Waals surface area contributed by atoms with Crippen molar-refractivity contribution in [2.45, 2.75) is 6.42 Å². The molecule has 0 heterocycles. The van der Waals surface area contributed by atoms with Crippen LogP contribution in [0.25, 0.3) is 0 Å².